The average Bonchev–Trinajstić information content (AvgIpc) is 4.08. The number of alkyl halides is 2. The van der Waals surface area contributed by atoms with E-state index in [-0.39, 0.29) is 19.6 Å². The van der Waals surface area contributed by atoms with E-state index < -0.39 is 86.9 Å². The van der Waals surface area contributed by atoms with Crippen LogP contribution in [-0.2, 0) is 29.1 Å². The van der Waals surface area contributed by atoms with Gasteiger partial charge in [-0.2, -0.15) is 15.0 Å². The fourth-order valence-electron chi connectivity index (χ4n) is 7.67. The molecular weight excluding hydrogens is 773 g/mol. The highest BCUT2D eigenvalue weighted by Gasteiger charge is 2.67. The van der Waals surface area contributed by atoms with Crippen LogP contribution < -0.4 is 15.4 Å². The Labute approximate surface area is 336 Å². The van der Waals surface area contributed by atoms with Crippen LogP contribution in [0.1, 0.15) is 83.7 Å². The van der Waals surface area contributed by atoms with Crippen molar-refractivity contribution in [1.29, 1.82) is 0 Å². The third-order valence-electron chi connectivity index (χ3n) is 11.2. The Morgan fingerprint density at radius 1 is 0.983 bits per heavy atom. The van der Waals surface area contributed by atoms with Gasteiger partial charge >= 0.3 is 6.09 Å². The standard InChI is InChI=1S/C41H49F2N7O7S/c1-40(2,3)34-37(52)49-24-28(22-31(49)36(51)45-41(23-30(41)35(42)43)38(53)48-58(55,56)29-18-19-29)50-46-32(26-15-9-7-10-16-26)33(47-50)27-17-12-14-25(21-27)13-8-5-4-6-11-20-57-39(54)44-34/h7-10,12-17,21,28-31,34-35H,4-6,11,18-20,22-24H2,1-3H3,(H,44,54)(H,45,51)(H,48,53)/b13-8+/t28?,30-,31-,34+,41-/m0/s1. The molecule has 2 aromatic carbocycles. The van der Waals surface area contributed by atoms with Gasteiger partial charge in [0.05, 0.1) is 23.8 Å². The summed E-state index contributed by atoms with van der Waals surface area (Å²) in [6.07, 6.45) is 3.42. The molecule has 3 fully saturated rings. The van der Waals surface area contributed by atoms with Crippen LogP contribution in [0.4, 0.5) is 13.6 Å². The Hall–Kier alpha value is -5.19. The molecule has 1 saturated heterocycles. The van der Waals surface area contributed by atoms with Gasteiger partial charge in [0.1, 0.15) is 29.0 Å². The van der Waals surface area contributed by atoms with E-state index in [9.17, 15) is 36.4 Å². The van der Waals surface area contributed by atoms with E-state index in [2.05, 4.69) is 16.7 Å². The van der Waals surface area contributed by atoms with Crippen LogP contribution in [0.25, 0.3) is 28.6 Å². The van der Waals surface area contributed by atoms with E-state index >= 15 is 0 Å². The van der Waals surface area contributed by atoms with Gasteiger partial charge < -0.3 is 20.3 Å². The smallest absolute Gasteiger partial charge is 0.407 e. The van der Waals surface area contributed by atoms with Gasteiger partial charge in [0.25, 0.3) is 5.91 Å². The highest BCUT2D eigenvalue weighted by Crippen LogP contribution is 2.49. The van der Waals surface area contributed by atoms with E-state index in [1.54, 1.807) is 20.8 Å². The number of rotatable bonds is 7. The minimum absolute atomic E-state index is 0.0958. The molecule has 58 heavy (non-hydrogen) atoms. The molecule has 3 N–H and O–H groups in total. The number of cyclic esters (lactones) is 1. The van der Waals surface area contributed by atoms with E-state index in [0.29, 0.717) is 30.7 Å². The number of sulfonamides is 1. The summed E-state index contributed by atoms with van der Waals surface area (Å²) in [6, 6.07) is 14.0. The summed E-state index contributed by atoms with van der Waals surface area (Å²) in [4.78, 5) is 58.4. The number of carbonyl (C=O) groups excluding carboxylic acids is 4. The average molecular weight is 822 g/mol. The first-order valence-electron chi connectivity index (χ1n) is 19.8. The summed E-state index contributed by atoms with van der Waals surface area (Å²) < 4.78 is 61.3. The van der Waals surface area contributed by atoms with Crippen LogP contribution >= 0.6 is 0 Å². The summed E-state index contributed by atoms with van der Waals surface area (Å²) in [5.41, 5.74) is 0.504. The molecule has 1 unspecified atom stereocenters. The molecule has 2 aliphatic carbocycles. The molecule has 4 amide bonds. The zero-order chi connectivity index (χ0) is 41.4. The monoisotopic (exact) mass is 821 g/mol. The fourth-order valence-corrected chi connectivity index (χ4v) is 9.04. The van der Waals surface area contributed by atoms with Crippen molar-refractivity contribution in [1.82, 2.24) is 35.2 Å². The number of allylic oxidation sites excluding steroid dienone is 1. The van der Waals surface area contributed by atoms with Crippen molar-refractivity contribution in [3.8, 4) is 22.5 Å². The number of alkyl carbamates (subject to hydrolysis) is 1. The Morgan fingerprint density at radius 3 is 2.36 bits per heavy atom. The van der Waals surface area contributed by atoms with Gasteiger partial charge in [-0.25, -0.2) is 22.0 Å². The van der Waals surface area contributed by atoms with Gasteiger partial charge in [-0.3, -0.25) is 19.1 Å². The summed E-state index contributed by atoms with van der Waals surface area (Å²) >= 11 is 0. The molecular formula is C41H49F2N7O7S. The van der Waals surface area contributed by atoms with Crippen molar-refractivity contribution in [2.45, 2.75) is 107 Å². The Bertz CT molecular complexity index is 2190. The van der Waals surface area contributed by atoms with Crippen LogP contribution in [0, 0.1) is 11.3 Å². The zero-order valence-corrected chi connectivity index (χ0v) is 33.5. The first-order chi connectivity index (χ1) is 27.6. The second kappa shape index (κ2) is 16.2. The maximum atomic E-state index is 14.7. The second-order valence-electron chi connectivity index (χ2n) is 16.7. The molecule has 0 radical (unpaired) electrons. The number of halogens is 2. The maximum absolute atomic E-state index is 14.7. The normalized spacial score (nSPS) is 26.2. The van der Waals surface area contributed by atoms with Crippen molar-refractivity contribution < 1.29 is 41.1 Å². The number of nitrogens with zero attached hydrogens (tertiary/aromatic N) is 4. The molecule has 310 valence electrons. The molecule has 0 spiro atoms. The number of ether oxygens (including phenoxy) is 1. The number of hydrogen-bond acceptors (Lipinski definition) is 9. The van der Waals surface area contributed by atoms with E-state index in [0.717, 1.165) is 36.0 Å². The Balaban J connectivity index is 1.28. The predicted molar refractivity (Wildman–Crippen MR) is 210 cm³/mol. The van der Waals surface area contributed by atoms with Gasteiger partial charge in [-0.15, -0.1) is 0 Å². The number of hydrogen-bond donors (Lipinski definition) is 3. The molecule has 14 nitrogen and oxygen atoms in total. The van der Waals surface area contributed by atoms with Crippen molar-refractivity contribution >= 4 is 39.9 Å². The molecule has 5 atom stereocenters. The summed E-state index contributed by atoms with van der Waals surface area (Å²) in [5.74, 6) is -4.48. The van der Waals surface area contributed by atoms with E-state index in [1.807, 2.05) is 65.4 Å². The first-order valence-corrected chi connectivity index (χ1v) is 21.3. The van der Waals surface area contributed by atoms with Crippen molar-refractivity contribution in [3.63, 3.8) is 0 Å². The third-order valence-corrected chi connectivity index (χ3v) is 13.0. The summed E-state index contributed by atoms with van der Waals surface area (Å²) in [6.45, 7) is 5.23. The van der Waals surface area contributed by atoms with Gasteiger partial charge in [0.15, 0.2) is 0 Å². The lowest BCUT2D eigenvalue weighted by molar-refractivity contribution is -0.143. The van der Waals surface area contributed by atoms with Crippen molar-refractivity contribution in [2.75, 3.05) is 13.2 Å². The van der Waals surface area contributed by atoms with Crippen LogP contribution in [0.5, 0.6) is 0 Å². The molecule has 2 saturated carbocycles. The van der Waals surface area contributed by atoms with E-state index in [1.165, 1.54) is 9.70 Å². The number of aromatic nitrogens is 3. The first kappa shape index (κ1) is 41.0. The minimum Gasteiger partial charge on any atom is -0.450 e. The van der Waals surface area contributed by atoms with Crippen molar-refractivity contribution in [3.05, 3.63) is 66.2 Å². The minimum atomic E-state index is -4.14. The van der Waals surface area contributed by atoms with Crippen LogP contribution in [0.15, 0.2) is 60.7 Å². The Kier molecular flexibility index (Phi) is 11.5. The zero-order valence-electron chi connectivity index (χ0n) is 32.7. The largest absolute Gasteiger partial charge is 0.450 e. The fraction of sp³-hybridized carbons (Fsp3) is 0.512. The van der Waals surface area contributed by atoms with Gasteiger partial charge in [0, 0.05) is 24.1 Å². The van der Waals surface area contributed by atoms with Gasteiger partial charge in [-0.05, 0) is 62.0 Å². The molecule has 1 aromatic heterocycles. The molecule has 6 bridgehead atoms. The SMILES string of the molecule is CC(C)(C)[C@@H]1NC(=O)OCCCCC/C=C/c2cccc(c2)-c2nn(nc2-c2ccccc2)C2C[C@@H](C(=O)N[C@@]3(C(=O)NS(=O)(=O)C4CC4)C[C@H]3C(F)F)N(C2)C1=O. The maximum Gasteiger partial charge on any atom is 0.407 e. The van der Waals surface area contributed by atoms with Crippen LogP contribution in [0.2, 0.25) is 0 Å². The number of fused-ring (bicyclic) bond motifs is 8. The quantitative estimate of drug-likeness (QED) is 0.288. The highest BCUT2D eigenvalue weighted by atomic mass is 32.2. The number of carbonyl (C=O) groups is 4. The summed E-state index contributed by atoms with van der Waals surface area (Å²) in [7, 11) is -4.14. The summed E-state index contributed by atoms with van der Waals surface area (Å²) in [5, 5.41) is 14.2. The Morgan fingerprint density at radius 2 is 1.69 bits per heavy atom. The number of nitrogens with one attached hydrogen (secondary N) is 3. The number of amides is 4. The molecule has 3 heterocycles. The second-order valence-corrected chi connectivity index (χ2v) is 18.7. The molecule has 3 aromatic rings. The van der Waals surface area contributed by atoms with Crippen molar-refractivity contribution in [2.24, 2.45) is 11.3 Å². The lowest BCUT2D eigenvalue weighted by Gasteiger charge is -2.35. The predicted octanol–water partition coefficient (Wildman–Crippen LogP) is 5.23. The lowest BCUT2D eigenvalue weighted by Crippen LogP contribution is -2.60. The topological polar surface area (TPSA) is 182 Å². The molecule has 7 rings (SSSR count). The molecule has 2 aliphatic heterocycles. The number of benzene rings is 2. The third kappa shape index (κ3) is 8.78. The molecule has 17 heteroatoms. The highest BCUT2D eigenvalue weighted by molar-refractivity contribution is 7.91. The van der Waals surface area contributed by atoms with Gasteiger partial charge in [-0.1, -0.05) is 81.5 Å². The lowest BCUT2D eigenvalue weighted by atomic mass is 9.85. The van der Waals surface area contributed by atoms with Gasteiger partial charge in [0.2, 0.25) is 28.3 Å². The molecule has 4 aliphatic rings. The van der Waals surface area contributed by atoms with E-state index in [4.69, 9.17) is 14.9 Å². The van der Waals surface area contributed by atoms with Crippen LogP contribution in [-0.4, -0.2) is 94.6 Å². The van der Waals surface area contributed by atoms with Crippen LogP contribution in [0.3, 0.4) is 0 Å².